The highest BCUT2D eigenvalue weighted by Crippen LogP contribution is 2.24. The van der Waals surface area contributed by atoms with E-state index in [9.17, 15) is 0 Å². The molecule has 0 spiro atoms. The van der Waals surface area contributed by atoms with Gasteiger partial charge in [0.1, 0.15) is 11.8 Å². The molecule has 19 heavy (non-hydrogen) atoms. The van der Waals surface area contributed by atoms with Crippen molar-refractivity contribution in [2.24, 2.45) is 0 Å². The van der Waals surface area contributed by atoms with Crippen molar-refractivity contribution in [3.05, 3.63) is 57.8 Å². The van der Waals surface area contributed by atoms with Crippen LogP contribution in [0.5, 0.6) is 0 Å². The van der Waals surface area contributed by atoms with E-state index in [1.807, 2.05) is 36.2 Å². The van der Waals surface area contributed by atoms with Gasteiger partial charge in [0.05, 0.1) is 21.9 Å². The second-order valence-electron chi connectivity index (χ2n) is 4.12. The summed E-state index contributed by atoms with van der Waals surface area (Å²) in [5.41, 5.74) is 2.40. The fourth-order valence-electron chi connectivity index (χ4n) is 1.68. The lowest BCUT2D eigenvalue weighted by molar-refractivity contribution is 0.917. The number of nitriles is 1. The Morgan fingerprint density at radius 2 is 2.00 bits per heavy atom. The van der Waals surface area contributed by atoms with Crippen molar-refractivity contribution in [1.29, 1.82) is 5.26 Å². The van der Waals surface area contributed by atoms with Gasteiger partial charge in [0.25, 0.3) is 0 Å². The molecule has 1 aromatic heterocycles. The average Bonchev–Trinajstić information content (AvgIpc) is 2.43. The summed E-state index contributed by atoms with van der Waals surface area (Å²) in [5.74, 6) is 0. The summed E-state index contributed by atoms with van der Waals surface area (Å²) in [6.07, 6.45) is 1.68. The van der Waals surface area contributed by atoms with Crippen LogP contribution in [-0.2, 0) is 6.54 Å². The Hall–Kier alpha value is -1.76. The Kier molecular flexibility index (Phi) is 4.26. The van der Waals surface area contributed by atoms with Crippen molar-refractivity contribution >= 4 is 28.9 Å². The number of halogens is 2. The van der Waals surface area contributed by atoms with E-state index in [0.29, 0.717) is 22.3 Å². The maximum atomic E-state index is 8.71. The number of rotatable bonds is 3. The zero-order chi connectivity index (χ0) is 13.8. The van der Waals surface area contributed by atoms with Gasteiger partial charge >= 0.3 is 0 Å². The summed E-state index contributed by atoms with van der Waals surface area (Å²) in [6, 6.07) is 11.1. The molecule has 3 nitrogen and oxygen atoms in total. The molecule has 0 amide bonds. The number of benzene rings is 1. The van der Waals surface area contributed by atoms with Crippen LogP contribution in [0.15, 0.2) is 36.5 Å². The summed E-state index contributed by atoms with van der Waals surface area (Å²) in [6.45, 7) is 0.685. The van der Waals surface area contributed by atoms with Crippen LogP contribution in [0, 0.1) is 11.3 Å². The number of anilines is 1. The SMILES string of the molecule is CN(Cc1ccc(Cl)c(Cl)c1)c1ccc(C#N)nc1. The molecule has 2 aromatic rings. The molecule has 0 N–H and O–H groups in total. The first-order valence-electron chi connectivity index (χ1n) is 5.61. The molecular formula is C14H11Cl2N3. The van der Waals surface area contributed by atoms with E-state index in [2.05, 4.69) is 4.98 Å². The largest absolute Gasteiger partial charge is 0.369 e. The van der Waals surface area contributed by atoms with Crippen molar-refractivity contribution < 1.29 is 0 Å². The molecule has 0 fully saturated rings. The number of nitrogens with zero attached hydrogens (tertiary/aromatic N) is 3. The van der Waals surface area contributed by atoms with Gasteiger partial charge in [0, 0.05) is 13.6 Å². The standard InChI is InChI=1S/C14H11Cl2N3/c1-19(12-4-3-11(7-17)18-8-12)9-10-2-5-13(15)14(16)6-10/h2-6,8H,9H2,1H3. The molecule has 2 rings (SSSR count). The second kappa shape index (κ2) is 5.92. The van der Waals surface area contributed by atoms with Crippen LogP contribution in [0.3, 0.4) is 0 Å². The monoisotopic (exact) mass is 291 g/mol. The van der Waals surface area contributed by atoms with E-state index in [4.69, 9.17) is 28.5 Å². The van der Waals surface area contributed by atoms with Gasteiger partial charge < -0.3 is 4.90 Å². The first-order valence-corrected chi connectivity index (χ1v) is 6.37. The molecule has 0 bridgehead atoms. The molecule has 0 atom stereocenters. The molecule has 1 heterocycles. The number of hydrogen-bond donors (Lipinski definition) is 0. The fraction of sp³-hybridized carbons (Fsp3) is 0.143. The van der Waals surface area contributed by atoms with Crippen molar-refractivity contribution in [2.45, 2.75) is 6.54 Å². The van der Waals surface area contributed by atoms with Crippen LogP contribution < -0.4 is 4.90 Å². The zero-order valence-corrected chi connectivity index (χ0v) is 11.8. The van der Waals surface area contributed by atoms with Gasteiger partial charge in [-0.3, -0.25) is 0 Å². The second-order valence-corrected chi connectivity index (χ2v) is 4.93. The molecule has 0 radical (unpaired) electrons. The van der Waals surface area contributed by atoms with Gasteiger partial charge in [0.2, 0.25) is 0 Å². The molecule has 0 saturated carbocycles. The Labute approximate surface area is 122 Å². The molecule has 0 saturated heterocycles. The molecule has 5 heteroatoms. The first-order chi connectivity index (χ1) is 9.10. The third-order valence-corrected chi connectivity index (χ3v) is 3.45. The Morgan fingerprint density at radius 1 is 1.21 bits per heavy atom. The van der Waals surface area contributed by atoms with Crippen molar-refractivity contribution in [3.63, 3.8) is 0 Å². The van der Waals surface area contributed by atoms with Crippen LogP contribution in [-0.4, -0.2) is 12.0 Å². The van der Waals surface area contributed by atoms with E-state index in [-0.39, 0.29) is 0 Å². The highest BCUT2D eigenvalue weighted by molar-refractivity contribution is 6.42. The van der Waals surface area contributed by atoms with E-state index in [1.165, 1.54) is 0 Å². The minimum Gasteiger partial charge on any atom is -0.369 e. The molecule has 0 aliphatic heterocycles. The number of hydrogen-bond acceptors (Lipinski definition) is 3. The van der Waals surface area contributed by atoms with E-state index >= 15 is 0 Å². The van der Waals surface area contributed by atoms with E-state index in [0.717, 1.165) is 11.3 Å². The van der Waals surface area contributed by atoms with Crippen LogP contribution >= 0.6 is 23.2 Å². The van der Waals surface area contributed by atoms with Crippen molar-refractivity contribution in [3.8, 4) is 6.07 Å². The smallest absolute Gasteiger partial charge is 0.140 e. The quantitative estimate of drug-likeness (QED) is 0.861. The van der Waals surface area contributed by atoms with Gasteiger partial charge in [-0.15, -0.1) is 0 Å². The fourth-order valence-corrected chi connectivity index (χ4v) is 2.00. The van der Waals surface area contributed by atoms with Crippen LogP contribution in [0.25, 0.3) is 0 Å². The Bertz CT molecular complexity index is 618. The van der Waals surface area contributed by atoms with Crippen molar-refractivity contribution in [2.75, 3.05) is 11.9 Å². The lowest BCUT2D eigenvalue weighted by Gasteiger charge is -2.19. The van der Waals surface area contributed by atoms with Gasteiger partial charge in [-0.1, -0.05) is 29.3 Å². The normalized spacial score (nSPS) is 10.0. The maximum Gasteiger partial charge on any atom is 0.140 e. The molecule has 0 aliphatic carbocycles. The maximum absolute atomic E-state index is 8.71. The lowest BCUT2D eigenvalue weighted by Crippen LogP contribution is -2.16. The van der Waals surface area contributed by atoms with Crippen molar-refractivity contribution in [1.82, 2.24) is 4.98 Å². The summed E-state index contributed by atoms with van der Waals surface area (Å²) >= 11 is 11.9. The minimum absolute atomic E-state index is 0.409. The summed E-state index contributed by atoms with van der Waals surface area (Å²) in [5, 5.41) is 9.80. The molecule has 0 unspecified atom stereocenters. The predicted octanol–water partition coefficient (Wildman–Crippen LogP) is 3.90. The van der Waals surface area contributed by atoms with Gasteiger partial charge in [-0.2, -0.15) is 5.26 Å². The average molecular weight is 292 g/mol. The Balaban J connectivity index is 2.13. The van der Waals surface area contributed by atoms with E-state index in [1.54, 1.807) is 18.3 Å². The van der Waals surface area contributed by atoms with Crippen LogP contribution in [0.1, 0.15) is 11.3 Å². The van der Waals surface area contributed by atoms with Gasteiger partial charge in [0.15, 0.2) is 0 Å². The van der Waals surface area contributed by atoms with Gasteiger partial charge in [-0.25, -0.2) is 4.98 Å². The zero-order valence-electron chi connectivity index (χ0n) is 10.3. The highest BCUT2D eigenvalue weighted by Gasteiger charge is 2.05. The summed E-state index contributed by atoms with van der Waals surface area (Å²) in [7, 11) is 1.95. The molecule has 96 valence electrons. The number of pyridine rings is 1. The molecule has 1 aromatic carbocycles. The third-order valence-electron chi connectivity index (χ3n) is 2.71. The third kappa shape index (κ3) is 3.37. The molecule has 0 aliphatic rings. The highest BCUT2D eigenvalue weighted by atomic mass is 35.5. The van der Waals surface area contributed by atoms with Gasteiger partial charge in [-0.05, 0) is 29.8 Å². The Morgan fingerprint density at radius 3 is 2.58 bits per heavy atom. The minimum atomic E-state index is 0.409. The number of aromatic nitrogens is 1. The van der Waals surface area contributed by atoms with E-state index < -0.39 is 0 Å². The first kappa shape index (κ1) is 13.7. The summed E-state index contributed by atoms with van der Waals surface area (Å²) in [4.78, 5) is 6.06. The predicted molar refractivity (Wildman–Crippen MR) is 77.5 cm³/mol. The topological polar surface area (TPSA) is 39.9 Å². The molecular weight excluding hydrogens is 281 g/mol. The van der Waals surface area contributed by atoms with Crippen LogP contribution in [0.2, 0.25) is 10.0 Å². The lowest BCUT2D eigenvalue weighted by atomic mass is 10.2. The van der Waals surface area contributed by atoms with Crippen LogP contribution in [0.4, 0.5) is 5.69 Å². The summed E-state index contributed by atoms with van der Waals surface area (Å²) < 4.78 is 0.